The van der Waals surface area contributed by atoms with Crippen LogP contribution in [-0.2, 0) is 20.1 Å². The van der Waals surface area contributed by atoms with Gasteiger partial charge in [0.2, 0.25) is 17.6 Å². The summed E-state index contributed by atoms with van der Waals surface area (Å²) in [6.45, 7) is 6.08. The average Bonchev–Trinajstić information content (AvgIpc) is 3.58. The van der Waals surface area contributed by atoms with Crippen LogP contribution in [0, 0.1) is 17.8 Å². The molecule has 4 aromatic heterocycles. The van der Waals surface area contributed by atoms with Gasteiger partial charge in [0.1, 0.15) is 5.52 Å². The molecule has 12 heteroatoms. The number of hydrogen-bond donors (Lipinski definition) is 2. The Hall–Kier alpha value is -3.70. The smallest absolute Gasteiger partial charge is 0.365 e. The van der Waals surface area contributed by atoms with Gasteiger partial charge in [-0.15, -0.1) is 0 Å². The Morgan fingerprint density at radius 1 is 1.18 bits per heavy atom. The molecule has 0 aliphatic heterocycles. The highest BCUT2D eigenvalue weighted by Gasteiger charge is 2.29. The molecule has 2 aliphatic rings. The molecule has 0 amide bonds. The second-order valence-electron chi connectivity index (χ2n) is 11.7. The fraction of sp³-hybridized carbons (Fsp3) is 0.630. The number of nitrogens with zero attached hydrogens (tertiary/aromatic N) is 8. The Kier molecular flexibility index (Phi) is 6.86. The third kappa shape index (κ3) is 5.28. The Morgan fingerprint density at radius 3 is 2.62 bits per heavy atom. The van der Waals surface area contributed by atoms with Crippen LogP contribution in [0.25, 0.3) is 22.8 Å². The molecular formula is C27H38N10O2. The van der Waals surface area contributed by atoms with Gasteiger partial charge >= 0.3 is 5.76 Å². The second kappa shape index (κ2) is 10.5. The van der Waals surface area contributed by atoms with Crippen LogP contribution in [0.3, 0.4) is 0 Å². The zero-order valence-corrected chi connectivity index (χ0v) is 23.2. The molecule has 0 radical (unpaired) electrons. The maximum absolute atomic E-state index is 11.7. The van der Waals surface area contributed by atoms with E-state index in [-0.39, 0.29) is 17.7 Å². The van der Waals surface area contributed by atoms with Crippen LogP contribution in [0.1, 0.15) is 64.4 Å². The van der Waals surface area contributed by atoms with Crippen LogP contribution in [0.2, 0.25) is 0 Å². The molecule has 0 spiro atoms. The second-order valence-corrected chi connectivity index (χ2v) is 11.7. The topological polar surface area (TPSA) is 136 Å². The molecule has 4 aromatic rings. The van der Waals surface area contributed by atoms with Crippen molar-refractivity contribution in [2.45, 2.75) is 77.9 Å². The van der Waals surface area contributed by atoms with E-state index in [0.717, 1.165) is 35.3 Å². The summed E-state index contributed by atoms with van der Waals surface area (Å²) in [5.41, 5.74) is 2.57. The zero-order valence-electron chi connectivity index (χ0n) is 23.2. The van der Waals surface area contributed by atoms with Crippen LogP contribution in [0.4, 0.5) is 11.8 Å². The third-order valence-electron chi connectivity index (χ3n) is 8.55. The van der Waals surface area contributed by atoms with Gasteiger partial charge in [-0.25, -0.2) is 14.8 Å². The molecule has 12 nitrogen and oxygen atoms in total. The minimum atomic E-state index is -0.639. The lowest BCUT2D eigenvalue weighted by Gasteiger charge is -2.32. The van der Waals surface area contributed by atoms with Crippen molar-refractivity contribution in [1.82, 2.24) is 39.4 Å². The lowest BCUT2D eigenvalue weighted by Crippen LogP contribution is -2.31. The molecule has 1 unspecified atom stereocenters. The summed E-state index contributed by atoms with van der Waals surface area (Å²) in [5, 5.41) is 11.9. The lowest BCUT2D eigenvalue weighted by atomic mass is 9.80. The Balaban J connectivity index is 1.46. The summed E-state index contributed by atoms with van der Waals surface area (Å²) < 4.78 is 8.88. The number of aromatic amines is 1. The Bertz CT molecular complexity index is 1490. The summed E-state index contributed by atoms with van der Waals surface area (Å²) in [6.07, 6.45) is 12.5. The number of aromatic nitrogens is 8. The van der Waals surface area contributed by atoms with Gasteiger partial charge in [0.15, 0.2) is 11.5 Å². The molecule has 0 aromatic carbocycles. The molecule has 0 saturated heterocycles. The molecule has 0 bridgehead atoms. The number of anilines is 2. The van der Waals surface area contributed by atoms with Crippen molar-refractivity contribution in [3.8, 4) is 11.6 Å². The number of imidazole rings is 1. The van der Waals surface area contributed by atoms with Crippen LogP contribution in [-0.4, -0.2) is 52.5 Å². The average molecular weight is 535 g/mol. The summed E-state index contributed by atoms with van der Waals surface area (Å²) >= 11 is 0. The van der Waals surface area contributed by atoms with Crippen molar-refractivity contribution in [2.24, 2.45) is 24.8 Å². The molecule has 2 aliphatic carbocycles. The van der Waals surface area contributed by atoms with E-state index < -0.39 is 5.76 Å². The fourth-order valence-corrected chi connectivity index (χ4v) is 5.96. The summed E-state index contributed by atoms with van der Waals surface area (Å²) in [5.74, 6) is 3.35. The van der Waals surface area contributed by atoms with E-state index in [1.165, 1.54) is 44.9 Å². The summed E-state index contributed by atoms with van der Waals surface area (Å²) in [6, 6.07) is 0.247. The van der Waals surface area contributed by atoms with Gasteiger partial charge in [0.05, 0.1) is 6.20 Å². The number of nitrogens with one attached hydrogen (secondary N) is 2. The van der Waals surface area contributed by atoms with E-state index in [4.69, 9.17) is 19.5 Å². The van der Waals surface area contributed by atoms with Gasteiger partial charge in [0, 0.05) is 45.0 Å². The van der Waals surface area contributed by atoms with Crippen LogP contribution < -0.4 is 16.0 Å². The van der Waals surface area contributed by atoms with Crippen molar-refractivity contribution in [3.63, 3.8) is 0 Å². The first-order valence-corrected chi connectivity index (χ1v) is 14.1. The van der Waals surface area contributed by atoms with Gasteiger partial charge in [-0.2, -0.15) is 10.1 Å². The van der Waals surface area contributed by atoms with Crippen molar-refractivity contribution in [3.05, 3.63) is 28.5 Å². The third-order valence-corrected chi connectivity index (χ3v) is 8.55. The van der Waals surface area contributed by atoms with Crippen molar-refractivity contribution < 1.29 is 4.52 Å². The molecular weight excluding hydrogens is 496 g/mol. The largest absolute Gasteiger partial charge is 0.439 e. The summed E-state index contributed by atoms with van der Waals surface area (Å²) in [4.78, 5) is 31.2. The molecule has 39 heavy (non-hydrogen) atoms. The van der Waals surface area contributed by atoms with Gasteiger partial charge < -0.3 is 14.8 Å². The monoisotopic (exact) mass is 534 g/mol. The van der Waals surface area contributed by atoms with E-state index in [1.54, 1.807) is 0 Å². The number of aryl methyl sites for hydroxylation is 1. The van der Waals surface area contributed by atoms with Crippen LogP contribution in [0.15, 0.2) is 21.7 Å². The van der Waals surface area contributed by atoms with Gasteiger partial charge in [0.25, 0.3) is 0 Å². The van der Waals surface area contributed by atoms with Crippen LogP contribution >= 0.6 is 0 Å². The van der Waals surface area contributed by atoms with Crippen molar-refractivity contribution in [1.29, 1.82) is 0 Å². The maximum Gasteiger partial charge on any atom is 0.439 e. The predicted octanol–water partition coefficient (Wildman–Crippen LogP) is 3.97. The highest BCUT2D eigenvalue weighted by atomic mass is 16.5. The predicted molar refractivity (Wildman–Crippen MR) is 148 cm³/mol. The number of fused-ring (bicyclic) bond motifs is 1. The Labute approximate surface area is 227 Å². The molecule has 208 valence electrons. The number of H-pyrrole nitrogens is 1. The van der Waals surface area contributed by atoms with Gasteiger partial charge in [-0.3, -0.25) is 14.2 Å². The van der Waals surface area contributed by atoms with E-state index in [2.05, 4.69) is 50.9 Å². The minimum Gasteiger partial charge on any atom is -0.365 e. The first-order valence-electron chi connectivity index (χ1n) is 14.1. The van der Waals surface area contributed by atoms with E-state index in [1.807, 2.05) is 24.1 Å². The molecule has 2 fully saturated rings. The first-order chi connectivity index (χ1) is 18.8. The maximum atomic E-state index is 11.7. The fourth-order valence-electron chi connectivity index (χ4n) is 5.96. The first kappa shape index (κ1) is 25.6. The number of rotatable bonds is 9. The molecule has 4 heterocycles. The highest BCUT2D eigenvalue weighted by Crippen LogP contribution is 2.36. The van der Waals surface area contributed by atoms with Crippen molar-refractivity contribution in [2.75, 3.05) is 17.3 Å². The van der Waals surface area contributed by atoms with E-state index in [0.29, 0.717) is 24.0 Å². The Morgan fingerprint density at radius 2 is 1.97 bits per heavy atom. The highest BCUT2D eigenvalue weighted by molar-refractivity contribution is 5.87. The van der Waals surface area contributed by atoms with Crippen molar-refractivity contribution >= 4 is 22.9 Å². The van der Waals surface area contributed by atoms with Crippen LogP contribution in [0.5, 0.6) is 0 Å². The molecule has 2 saturated carbocycles. The van der Waals surface area contributed by atoms with E-state index >= 15 is 0 Å². The summed E-state index contributed by atoms with van der Waals surface area (Å²) in [7, 11) is 3.98. The number of hydrogen-bond acceptors (Lipinski definition) is 9. The SMILES string of the molecule is CC1CCC(Cn2c(N(C)Cc3cnn(C)c3)nc3nc(-c4noc(=O)[nH]4)nc(NC(C)C4CCC4)c32)CC1. The lowest BCUT2D eigenvalue weighted by molar-refractivity contribution is 0.267. The van der Waals surface area contributed by atoms with Gasteiger partial charge in [-0.05, 0) is 50.4 Å². The quantitative estimate of drug-likeness (QED) is 0.327. The standard InChI is InChI=1S/C27H38N10O2/c1-16-8-10-18(11-9-16)15-37-21-22(29-17(2)20-6-5-7-20)30-24(25-33-27(38)39-34-25)31-23(21)32-26(37)35(3)13-19-12-28-36(4)14-19/h12,14,16-18,20H,5-11,13,15H2,1-4H3,(H,29,30,31)(H,33,34,38). The normalized spacial score (nSPS) is 20.7. The molecule has 2 N–H and O–H groups in total. The van der Waals surface area contributed by atoms with E-state index in [9.17, 15) is 4.79 Å². The van der Waals surface area contributed by atoms with Gasteiger partial charge in [-0.1, -0.05) is 31.3 Å². The molecule has 1 atom stereocenters. The zero-order chi connectivity index (χ0) is 27.1. The minimum absolute atomic E-state index is 0.197. The molecule has 6 rings (SSSR count).